The Hall–Kier alpha value is -1.13. The molecule has 0 aliphatic heterocycles. The standard InChI is InChI=1S/C15H13Cl3O3/c1-20-12-4-3-11(15(21-2)13(12)18)14(19)8-5-9(16)7-10(17)6-8/h3-7,14,19H,1-2H3. The van der Waals surface area contributed by atoms with Crippen LogP contribution < -0.4 is 9.47 Å². The molecule has 2 aromatic rings. The van der Waals surface area contributed by atoms with E-state index in [2.05, 4.69) is 0 Å². The molecule has 2 rings (SSSR count). The summed E-state index contributed by atoms with van der Waals surface area (Å²) >= 11 is 18.1. The van der Waals surface area contributed by atoms with Crippen molar-refractivity contribution in [3.05, 3.63) is 56.5 Å². The second-order valence-corrected chi connectivity index (χ2v) is 5.56. The maximum absolute atomic E-state index is 10.5. The largest absolute Gasteiger partial charge is 0.495 e. The zero-order valence-electron chi connectivity index (χ0n) is 11.4. The summed E-state index contributed by atoms with van der Waals surface area (Å²) in [6.45, 7) is 0. The molecule has 1 unspecified atom stereocenters. The quantitative estimate of drug-likeness (QED) is 0.867. The van der Waals surface area contributed by atoms with Crippen LogP contribution in [0, 0.1) is 0 Å². The Bertz CT molecular complexity index is 639. The van der Waals surface area contributed by atoms with Gasteiger partial charge in [-0.25, -0.2) is 0 Å². The van der Waals surface area contributed by atoms with E-state index in [4.69, 9.17) is 44.3 Å². The van der Waals surface area contributed by atoms with Gasteiger partial charge in [-0.05, 0) is 35.9 Å². The number of benzene rings is 2. The van der Waals surface area contributed by atoms with Gasteiger partial charge in [-0.1, -0.05) is 34.8 Å². The van der Waals surface area contributed by atoms with E-state index in [-0.39, 0.29) is 0 Å². The first-order chi connectivity index (χ1) is 9.97. The van der Waals surface area contributed by atoms with Crippen LogP contribution in [0.5, 0.6) is 11.5 Å². The highest BCUT2D eigenvalue weighted by Crippen LogP contribution is 2.41. The Morgan fingerprint density at radius 3 is 2.10 bits per heavy atom. The Morgan fingerprint density at radius 2 is 1.57 bits per heavy atom. The lowest BCUT2D eigenvalue weighted by Gasteiger charge is -2.18. The average molecular weight is 348 g/mol. The molecule has 0 spiro atoms. The van der Waals surface area contributed by atoms with E-state index in [1.165, 1.54) is 14.2 Å². The van der Waals surface area contributed by atoms with E-state index < -0.39 is 6.10 Å². The third-order valence-electron chi connectivity index (χ3n) is 3.01. The van der Waals surface area contributed by atoms with Gasteiger partial charge in [0.05, 0.1) is 14.2 Å². The Balaban J connectivity index is 2.52. The van der Waals surface area contributed by atoms with Gasteiger partial charge >= 0.3 is 0 Å². The highest BCUT2D eigenvalue weighted by atomic mass is 35.5. The van der Waals surface area contributed by atoms with E-state index in [9.17, 15) is 5.11 Å². The smallest absolute Gasteiger partial charge is 0.147 e. The van der Waals surface area contributed by atoms with Crippen molar-refractivity contribution in [2.75, 3.05) is 14.2 Å². The van der Waals surface area contributed by atoms with Gasteiger partial charge in [0.2, 0.25) is 0 Å². The maximum atomic E-state index is 10.5. The molecule has 0 bridgehead atoms. The van der Waals surface area contributed by atoms with Crippen LogP contribution >= 0.6 is 34.8 Å². The fourth-order valence-corrected chi connectivity index (χ4v) is 2.92. The van der Waals surface area contributed by atoms with Crippen LogP contribution in [-0.4, -0.2) is 19.3 Å². The van der Waals surface area contributed by atoms with Gasteiger partial charge in [-0.2, -0.15) is 0 Å². The molecule has 0 amide bonds. The number of aliphatic hydroxyl groups excluding tert-OH is 1. The van der Waals surface area contributed by atoms with Crippen LogP contribution in [0.1, 0.15) is 17.2 Å². The molecule has 3 nitrogen and oxygen atoms in total. The van der Waals surface area contributed by atoms with E-state index in [0.717, 1.165) is 0 Å². The summed E-state index contributed by atoms with van der Waals surface area (Å²) in [5, 5.41) is 11.7. The number of halogens is 3. The fraction of sp³-hybridized carbons (Fsp3) is 0.200. The summed E-state index contributed by atoms with van der Waals surface area (Å²) in [4.78, 5) is 0. The van der Waals surface area contributed by atoms with Gasteiger partial charge in [-0.15, -0.1) is 0 Å². The molecule has 0 heterocycles. The van der Waals surface area contributed by atoms with Crippen LogP contribution in [-0.2, 0) is 0 Å². The minimum Gasteiger partial charge on any atom is -0.495 e. The number of aliphatic hydroxyl groups is 1. The summed E-state index contributed by atoms with van der Waals surface area (Å²) in [6, 6.07) is 8.21. The van der Waals surface area contributed by atoms with E-state index >= 15 is 0 Å². The molecule has 0 radical (unpaired) electrons. The SMILES string of the molecule is COc1ccc(C(O)c2cc(Cl)cc(Cl)c2)c(OC)c1Cl. The van der Waals surface area contributed by atoms with E-state index in [1.807, 2.05) is 0 Å². The summed E-state index contributed by atoms with van der Waals surface area (Å²) in [5.74, 6) is 0.813. The Labute approximate surface area is 138 Å². The van der Waals surface area contributed by atoms with Crippen molar-refractivity contribution in [2.45, 2.75) is 6.10 Å². The molecule has 1 N–H and O–H groups in total. The molecule has 0 saturated heterocycles. The van der Waals surface area contributed by atoms with E-state index in [0.29, 0.717) is 37.7 Å². The van der Waals surface area contributed by atoms with Gasteiger partial charge in [0.25, 0.3) is 0 Å². The molecule has 0 aromatic heterocycles. The molecule has 6 heteroatoms. The van der Waals surface area contributed by atoms with E-state index in [1.54, 1.807) is 30.3 Å². The van der Waals surface area contributed by atoms with Gasteiger partial charge in [0.1, 0.15) is 22.6 Å². The van der Waals surface area contributed by atoms with Crippen molar-refractivity contribution in [2.24, 2.45) is 0 Å². The monoisotopic (exact) mass is 346 g/mol. The maximum Gasteiger partial charge on any atom is 0.147 e. The van der Waals surface area contributed by atoms with Crippen LogP contribution in [0.4, 0.5) is 0 Å². The van der Waals surface area contributed by atoms with Crippen molar-refractivity contribution in [1.29, 1.82) is 0 Å². The number of methoxy groups -OCH3 is 2. The highest BCUT2D eigenvalue weighted by molar-refractivity contribution is 6.34. The molecule has 21 heavy (non-hydrogen) atoms. The van der Waals surface area contributed by atoms with Gasteiger partial charge in [0.15, 0.2) is 0 Å². The minimum absolute atomic E-state index is 0.296. The topological polar surface area (TPSA) is 38.7 Å². The average Bonchev–Trinajstić information content (AvgIpc) is 2.45. The second-order valence-electron chi connectivity index (χ2n) is 4.31. The predicted molar refractivity (Wildman–Crippen MR) is 85.1 cm³/mol. The first-order valence-corrected chi connectivity index (χ1v) is 7.15. The van der Waals surface area contributed by atoms with Crippen molar-refractivity contribution in [1.82, 2.24) is 0 Å². The van der Waals surface area contributed by atoms with Crippen molar-refractivity contribution in [3.63, 3.8) is 0 Å². The zero-order chi connectivity index (χ0) is 15.6. The lowest BCUT2D eigenvalue weighted by molar-refractivity contribution is 0.214. The predicted octanol–water partition coefficient (Wildman–Crippen LogP) is 4.75. The van der Waals surface area contributed by atoms with Crippen molar-refractivity contribution < 1.29 is 14.6 Å². The first kappa shape index (κ1) is 16.2. The normalized spacial score (nSPS) is 12.1. The molecule has 1 atom stereocenters. The molecule has 0 saturated carbocycles. The van der Waals surface area contributed by atoms with Crippen LogP contribution in [0.2, 0.25) is 15.1 Å². The molecular weight excluding hydrogens is 335 g/mol. The molecular formula is C15H13Cl3O3. The minimum atomic E-state index is -0.973. The molecule has 0 aliphatic carbocycles. The highest BCUT2D eigenvalue weighted by Gasteiger charge is 2.21. The lowest BCUT2D eigenvalue weighted by Crippen LogP contribution is -2.04. The third kappa shape index (κ3) is 3.38. The van der Waals surface area contributed by atoms with Crippen LogP contribution in [0.25, 0.3) is 0 Å². The molecule has 0 aliphatic rings. The molecule has 0 fully saturated rings. The number of hydrogen-bond donors (Lipinski definition) is 1. The van der Waals surface area contributed by atoms with Crippen molar-refractivity contribution in [3.8, 4) is 11.5 Å². The van der Waals surface area contributed by atoms with Crippen LogP contribution in [0.15, 0.2) is 30.3 Å². The number of hydrogen-bond acceptors (Lipinski definition) is 3. The summed E-state index contributed by atoms with van der Waals surface area (Å²) in [7, 11) is 2.98. The zero-order valence-corrected chi connectivity index (χ0v) is 13.6. The summed E-state index contributed by atoms with van der Waals surface area (Å²) in [5.41, 5.74) is 1.05. The summed E-state index contributed by atoms with van der Waals surface area (Å²) in [6.07, 6.45) is -0.973. The first-order valence-electron chi connectivity index (χ1n) is 6.02. The second kappa shape index (κ2) is 6.75. The lowest BCUT2D eigenvalue weighted by atomic mass is 10.0. The Kier molecular flexibility index (Phi) is 5.22. The fourth-order valence-electron chi connectivity index (χ4n) is 2.05. The third-order valence-corrected chi connectivity index (χ3v) is 3.81. The Morgan fingerprint density at radius 1 is 0.952 bits per heavy atom. The number of rotatable bonds is 4. The van der Waals surface area contributed by atoms with Gasteiger partial charge < -0.3 is 14.6 Å². The van der Waals surface area contributed by atoms with Crippen molar-refractivity contribution >= 4 is 34.8 Å². The number of ether oxygens (including phenoxy) is 2. The molecule has 112 valence electrons. The summed E-state index contributed by atoms with van der Waals surface area (Å²) < 4.78 is 10.4. The van der Waals surface area contributed by atoms with Gasteiger partial charge in [0, 0.05) is 15.6 Å². The molecule has 2 aromatic carbocycles. The van der Waals surface area contributed by atoms with Crippen LogP contribution in [0.3, 0.4) is 0 Å². The van der Waals surface area contributed by atoms with Gasteiger partial charge in [-0.3, -0.25) is 0 Å².